The van der Waals surface area contributed by atoms with Gasteiger partial charge in [-0.3, -0.25) is 4.79 Å². The molecule has 0 saturated heterocycles. The van der Waals surface area contributed by atoms with Crippen molar-refractivity contribution in [3.05, 3.63) is 29.8 Å². The topological polar surface area (TPSA) is 49.8 Å². The molecule has 0 spiro atoms. The standard InChI is InChI=1S/C15H23NO3/c1-3-16(10-11-17)15(18)9-6-12-19-14-8-5-4-7-13(14)2/h4-5,7-8,17H,3,6,9-12H2,1-2H3. The first-order valence-corrected chi connectivity index (χ1v) is 6.76. The van der Waals surface area contributed by atoms with Gasteiger partial charge in [-0.15, -0.1) is 0 Å². The lowest BCUT2D eigenvalue weighted by molar-refractivity contribution is -0.131. The van der Waals surface area contributed by atoms with E-state index >= 15 is 0 Å². The second kappa shape index (κ2) is 8.53. The van der Waals surface area contributed by atoms with Crippen LogP contribution in [-0.2, 0) is 4.79 Å². The predicted octanol–water partition coefficient (Wildman–Crippen LogP) is 1.99. The fraction of sp³-hybridized carbons (Fsp3) is 0.533. The van der Waals surface area contributed by atoms with Crippen LogP contribution in [0.25, 0.3) is 0 Å². The van der Waals surface area contributed by atoms with Crippen LogP contribution in [0.15, 0.2) is 24.3 Å². The summed E-state index contributed by atoms with van der Waals surface area (Å²) in [5, 5.41) is 8.85. The maximum absolute atomic E-state index is 11.8. The first-order valence-electron chi connectivity index (χ1n) is 6.76. The van der Waals surface area contributed by atoms with Gasteiger partial charge < -0.3 is 14.7 Å². The Morgan fingerprint density at radius 2 is 2.11 bits per heavy atom. The van der Waals surface area contributed by atoms with Crippen LogP contribution < -0.4 is 4.74 Å². The van der Waals surface area contributed by atoms with Crippen LogP contribution >= 0.6 is 0 Å². The molecule has 1 amide bonds. The number of aliphatic hydroxyl groups excluding tert-OH is 1. The Kier molecular flexibility index (Phi) is 6.97. The minimum absolute atomic E-state index is 0.0132. The highest BCUT2D eigenvalue weighted by Crippen LogP contribution is 2.16. The summed E-state index contributed by atoms with van der Waals surface area (Å²) < 4.78 is 5.64. The van der Waals surface area contributed by atoms with Gasteiger partial charge in [-0.2, -0.15) is 0 Å². The Morgan fingerprint density at radius 3 is 2.74 bits per heavy atom. The smallest absolute Gasteiger partial charge is 0.222 e. The zero-order valence-corrected chi connectivity index (χ0v) is 11.8. The van der Waals surface area contributed by atoms with E-state index in [4.69, 9.17) is 9.84 Å². The average molecular weight is 265 g/mol. The monoisotopic (exact) mass is 265 g/mol. The summed E-state index contributed by atoms with van der Waals surface area (Å²) in [4.78, 5) is 13.5. The minimum Gasteiger partial charge on any atom is -0.493 e. The van der Waals surface area contributed by atoms with Crippen LogP contribution in [0.4, 0.5) is 0 Å². The van der Waals surface area contributed by atoms with Gasteiger partial charge in [-0.05, 0) is 31.9 Å². The van der Waals surface area contributed by atoms with Crippen molar-refractivity contribution in [3.8, 4) is 5.75 Å². The highest BCUT2D eigenvalue weighted by molar-refractivity contribution is 5.76. The summed E-state index contributed by atoms with van der Waals surface area (Å²) in [6.45, 7) is 5.51. The van der Waals surface area contributed by atoms with Crippen molar-refractivity contribution in [2.24, 2.45) is 0 Å². The van der Waals surface area contributed by atoms with Gasteiger partial charge in [0, 0.05) is 19.5 Å². The molecule has 0 radical (unpaired) electrons. The second-order valence-corrected chi connectivity index (χ2v) is 4.41. The van der Waals surface area contributed by atoms with Gasteiger partial charge in [0.2, 0.25) is 5.91 Å². The van der Waals surface area contributed by atoms with E-state index in [-0.39, 0.29) is 12.5 Å². The zero-order valence-electron chi connectivity index (χ0n) is 11.8. The molecule has 4 heteroatoms. The van der Waals surface area contributed by atoms with Crippen molar-refractivity contribution in [1.82, 2.24) is 4.90 Å². The predicted molar refractivity (Wildman–Crippen MR) is 75.2 cm³/mol. The van der Waals surface area contributed by atoms with E-state index in [1.165, 1.54) is 0 Å². The normalized spacial score (nSPS) is 10.3. The number of ether oxygens (including phenoxy) is 1. The Balaban J connectivity index is 2.27. The molecule has 0 aliphatic carbocycles. The van der Waals surface area contributed by atoms with E-state index in [1.54, 1.807) is 4.90 Å². The van der Waals surface area contributed by atoms with E-state index in [0.29, 0.717) is 32.5 Å². The van der Waals surface area contributed by atoms with E-state index in [9.17, 15) is 4.79 Å². The molecule has 0 atom stereocenters. The molecule has 4 nitrogen and oxygen atoms in total. The molecule has 0 unspecified atom stereocenters. The summed E-state index contributed by atoms with van der Waals surface area (Å²) in [6, 6.07) is 7.84. The zero-order chi connectivity index (χ0) is 14.1. The van der Waals surface area contributed by atoms with Gasteiger partial charge in [-0.1, -0.05) is 18.2 Å². The van der Waals surface area contributed by atoms with E-state index in [0.717, 1.165) is 11.3 Å². The lowest BCUT2D eigenvalue weighted by atomic mass is 10.2. The van der Waals surface area contributed by atoms with Crippen molar-refractivity contribution in [2.75, 3.05) is 26.3 Å². The summed E-state index contributed by atoms with van der Waals surface area (Å²) >= 11 is 0. The summed E-state index contributed by atoms with van der Waals surface area (Å²) in [5.41, 5.74) is 1.10. The SMILES string of the molecule is CCN(CCO)C(=O)CCCOc1ccccc1C. The third kappa shape index (κ3) is 5.30. The van der Waals surface area contributed by atoms with Crippen molar-refractivity contribution in [1.29, 1.82) is 0 Å². The van der Waals surface area contributed by atoms with E-state index < -0.39 is 0 Å². The lowest BCUT2D eigenvalue weighted by Crippen LogP contribution is -2.33. The summed E-state index contributed by atoms with van der Waals surface area (Å²) in [6.07, 6.45) is 1.15. The Labute approximate surface area is 115 Å². The molecule has 0 saturated carbocycles. The molecule has 0 heterocycles. The van der Waals surface area contributed by atoms with Crippen molar-refractivity contribution < 1.29 is 14.6 Å². The molecule has 1 N–H and O–H groups in total. The number of aryl methyl sites for hydroxylation is 1. The number of aliphatic hydroxyl groups is 1. The second-order valence-electron chi connectivity index (χ2n) is 4.41. The Bertz CT molecular complexity index is 393. The lowest BCUT2D eigenvalue weighted by Gasteiger charge is -2.19. The summed E-state index contributed by atoms with van der Waals surface area (Å²) in [5.74, 6) is 0.947. The van der Waals surface area contributed by atoms with Crippen LogP contribution in [0.2, 0.25) is 0 Å². The molecule has 19 heavy (non-hydrogen) atoms. The number of benzene rings is 1. The number of hydrogen-bond acceptors (Lipinski definition) is 3. The maximum atomic E-state index is 11.8. The highest BCUT2D eigenvalue weighted by Gasteiger charge is 2.10. The number of nitrogens with zero attached hydrogens (tertiary/aromatic N) is 1. The van der Waals surface area contributed by atoms with E-state index in [1.807, 2.05) is 38.1 Å². The fourth-order valence-electron chi connectivity index (χ4n) is 1.86. The van der Waals surface area contributed by atoms with Crippen LogP contribution in [0.5, 0.6) is 5.75 Å². The largest absolute Gasteiger partial charge is 0.493 e. The third-order valence-corrected chi connectivity index (χ3v) is 2.99. The molecule has 0 aromatic heterocycles. The molecular formula is C15H23NO3. The molecule has 106 valence electrons. The van der Waals surface area contributed by atoms with Crippen LogP contribution in [0, 0.1) is 6.92 Å². The van der Waals surface area contributed by atoms with Crippen molar-refractivity contribution in [3.63, 3.8) is 0 Å². The molecular weight excluding hydrogens is 242 g/mol. The average Bonchev–Trinajstić information content (AvgIpc) is 2.42. The van der Waals surface area contributed by atoms with Gasteiger partial charge in [0.05, 0.1) is 13.2 Å². The number of carbonyl (C=O) groups excluding carboxylic acids is 1. The Hall–Kier alpha value is -1.55. The molecule has 0 fully saturated rings. The minimum atomic E-state index is 0.0132. The van der Waals surface area contributed by atoms with Gasteiger partial charge in [-0.25, -0.2) is 0 Å². The Morgan fingerprint density at radius 1 is 1.37 bits per heavy atom. The molecule has 1 aromatic carbocycles. The number of carbonyl (C=O) groups is 1. The third-order valence-electron chi connectivity index (χ3n) is 2.99. The first kappa shape index (κ1) is 15.5. The van der Waals surface area contributed by atoms with Gasteiger partial charge in [0.1, 0.15) is 5.75 Å². The molecule has 0 bridgehead atoms. The van der Waals surface area contributed by atoms with Gasteiger partial charge in [0.15, 0.2) is 0 Å². The van der Waals surface area contributed by atoms with Gasteiger partial charge >= 0.3 is 0 Å². The van der Waals surface area contributed by atoms with E-state index in [2.05, 4.69) is 0 Å². The fourth-order valence-corrected chi connectivity index (χ4v) is 1.86. The van der Waals surface area contributed by atoms with Crippen LogP contribution in [0.1, 0.15) is 25.3 Å². The number of likely N-dealkylation sites (N-methyl/N-ethyl adjacent to an activating group) is 1. The maximum Gasteiger partial charge on any atom is 0.222 e. The quantitative estimate of drug-likeness (QED) is 0.731. The number of para-hydroxylation sites is 1. The first-order chi connectivity index (χ1) is 9.19. The van der Waals surface area contributed by atoms with Crippen LogP contribution in [-0.4, -0.2) is 42.2 Å². The van der Waals surface area contributed by atoms with Crippen molar-refractivity contribution in [2.45, 2.75) is 26.7 Å². The molecule has 0 aliphatic rings. The highest BCUT2D eigenvalue weighted by atomic mass is 16.5. The molecule has 1 aromatic rings. The van der Waals surface area contributed by atoms with Gasteiger partial charge in [0.25, 0.3) is 0 Å². The number of rotatable bonds is 8. The van der Waals surface area contributed by atoms with Crippen molar-refractivity contribution >= 4 is 5.91 Å². The number of hydrogen-bond donors (Lipinski definition) is 1. The number of amides is 1. The van der Waals surface area contributed by atoms with Crippen LogP contribution in [0.3, 0.4) is 0 Å². The summed E-state index contributed by atoms with van der Waals surface area (Å²) in [7, 11) is 0. The molecule has 0 aliphatic heterocycles. The molecule has 1 rings (SSSR count).